The van der Waals surface area contributed by atoms with Crippen LogP contribution in [0.15, 0.2) is 60.1 Å². The van der Waals surface area contributed by atoms with Crippen LogP contribution in [0, 0.1) is 6.92 Å². The zero-order valence-corrected chi connectivity index (χ0v) is 16.4. The summed E-state index contributed by atoms with van der Waals surface area (Å²) in [5.41, 5.74) is 5.35. The van der Waals surface area contributed by atoms with Crippen LogP contribution in [0.5, 0.6) is 0 Å². The Morgan fingerprint density at radius 1 is 1.07 bits per heavy atom. The van der Waals surface area contributed by atoms with Crippen molar-refractivity contribution >= 4 is 33.7 Å². The number of aromatic nitrogens is 2. The molecule has 0 bridgehead atoms. The zero-order chi connectivity index (χ0) is 19.7. The van der Waals surface area contributed by atoms with Crippen molar-refractivity contribution in [3.8, 4) is 11.3 Å². The first-order valence-electron chi connectivity index (χ1n) is 8.93. The highest BCUT2D eigenvalue weighted by Crippen LogP contribution is 2.24. The quantitative estimate of drug-likeness (QED) is 0.501. The molecule has 0 radical (unpaired) electrons. The number of nitrogens with zero attached hydrogens (tertiary/aromatic N) is 2. The highest BCUT2D eigenvalue weighted by Gasteiger charge is 2.13. The summed E-state index contributed by atoms with van der Waals surface area (Å²) in [5.74, 6) is -0.108. The van der Waals surface area contributed by atoms with E-state index < -0.39 is 0 Å². The van der Waals surface area contributed by atoms with E-state index in [0.29, 0.717) is 11.3 Å². The van der Waals surface area contributed by atoms with Crippen molar-refractivity contribution in [2.24, 2.45) is 0 Å². The van der Waals surface area contributed by atoms with Gasteiger partial charge in [-0.1, -0.05) is 29.8 Å². The number of Topliss-reactive ketones (excluding diaryl/α,β-unsaturated/α-hetero) is 1. The van der Waals surface area contributed by atoms with Gasteiger partial charge in [0.05, 0.1) is 12.1 Å². The summed E-state index contributed by atoms with van der Waals surface area (Å²) < 4.78 is 1.97. The molecule has 5 nitrogen and oxygen atoms in total. The number of ketones is 1. The Kier molecular flexibility index (Phi) is 4.79. The van der Waals surface area contributed by atoms with E-state index >= 15 is 0 Å². The summed E-state index contributed by atoms with van der Waals surface area (Å²) in [6.45, 7) is 3.57. The molecule has 28 heavy (non-hydrogen) atoms. The number of imidazole rings is 1. The molecule has 0 unspecified atom stereocenters. The normalized spacial score (nSPS) is 10.9. The van der Waals surface area contributed by atoms with Gasteiger partial charge < -0.3 is 5.32 Å². The third-order valence-corrected chi connectivity index (χ3v) is 5.44. The molecular weight excluding hydrogens is 370 g/mol. The second-order valence-electron chi connectivity index (χ2n) is 6.73. The topological polar surface area (TPSA) is 63.5 Å². The van der Waals surface area contributed by atoms with Gasteiger partial charge in [-0.2, -0.15) is 0 Å². The van der Waals surface area contributed by atoms with E-state index in [-0.39, 0.29) is 18.1 Å². The maximum absolute atomic E-state index is 12.4. The van der Waals surface area contributed by atoms with Crippen molar-refractivity contribution in [1.29, 1.82) is 0 Å². The minimum atomic E-state index is -0.110. The first-order chi connectivity index (χ1) is 13.5. The lowest BCUT2D eigenvalue weighted by molar-refractivity contribution is -0.115. The van der Waals surface area contributed by atoms with Gasteiger partial charge in [0.15, 0.2) is 10.7 Å². The lowest BCUT2D eigenvalue weighted by atomic mass is 10.1. The number of nitrogens with one attached hydrogen (secondary N) is 1. The van der Waals surface area contributed by atoms with Gasteiger partial charge in [-0.25, -0.2) is 4.98 Å². The van der Waals surface area contributed by atoms with E-state index in [0.717, 1.165) is 21.9 Å². The van der Waals surface area contributed by atoms with Gasteiger partial charge in [0.1, 0.15) is 0 Å². The number of aryl methyl sites for hydroxylation is 1. The van der Waals surface area contributed by atoms with Gasteiger partial charge in [-0.3, -0.25) is 14.0 Å². The zero-order valence-electron chi connectivity index (χ0n) is 15.6. The van der Waals surface area contributed by atoms with Crippen LogP contribution in [0.4, 0.5) is 5.69 Å². The molecule has 140 valence electrons. The van der Waals surface area contributed by atoms with Crippen LogP contribution >= 0.6 is 11.3 Å². The molecule has 0 spiro atoms. The molecule has 1 N–H and O–H groups in total. The molecule has 6 heteroatoms. The number of carbonyl (C=O) groups excluding carboxylic acids is 2. The second kappa shape index (κ2) is 7.40. The summed E-state index contributed by atoms with van der Waals surface area (Å²) in [7, 11) is 0. The number of amides is 1. The summed E-state index contributed by atoms with van der Waals surface area (Å²) in [6, 6.07) is 15.1. The summed E-state index contributed by atoms with van der Waals surface area (Å²) in [5, 5.41) is 4.83. The number of anilines is 1. The van der Waals surface area contributed by atoms with E-state index in [9.17, 15) is 9.59 Å². The molecule has 4 rings (SSSR count). The number of carbonyl (C=O) groups is 2. The molecular formula is C22H19N3O2S. The van der Waals surface area contributed by atoms with Crippen molar-refractivity contribution in [3.63, 3.8) is 0 Å². The number of benzene rings is 2. The van der Waals surface area contributed by atoms with Crippen LogP contribution in [-0.4, -0.2) is 21.1 Å². The average molecular weight is 389 g/mol. The molecule has 2 aromatic heterocycles. The molecule has 4 aromatic rings. The third kappa shape index (κ3) is 3.73. The SMILES string of the molecule is CC(=O)c1ccc(NC(=O)Cc2csc3nc(-c4ccc(C)cc4)cn23)cc1. The first-order valence-corrected chi connectivity index (χ1v) is 9.81. The van der Waals surface area contributed by atoms with Crippen molar-refractivity contribution in [1.82, 2.24) is 9.38 Å². The Labute approximate surface area is 166 Å². The Hall–Kier alpha value is -3.25. The van der Waals surface area contributed by atoms with E-state index in [1.807, 2.05) is 16.0 Å². The predicted octanol–water partition coefficient (Wildman–Crippen LogP) is 4.76. The van der Waals surface area contributed by atoms with Crippen molar-refractivity contribution in [2.45, 2.75) is 20.3 Å². The van der Waals surface area contributed by atoms with Crippen molar-refractivity contribution in [2.75, 3.05) is 5.32 Å². The number of hydrogen-bond acceptors (Lipinski definition) is 4. The molecule has 0 fully saturated rings. The monoisotopic (exact) mass is 389 g/mol. The number of thiazole rings is 1. The van der Waals surface area contributed by atoms with Gasteiger partial charge >= 0.3 is 0 Å². The third-order valence-electron chi connectivity index (χ3n) is 4.55. The Morgan fingerprint density at radius 3 is 2.46 bits per heavy atom. The first kappa shape index (κ1) is 18.1. The van der Waals surface area contributed by atoms with Crippen molar-refractivity contribution in [3.05, 3.63) is 76.9 Å². The number of hydrogen-bond donors (Lipinski definition) is 1. The van der Waals surface area contributed by atoms with E-state index in [1.165, 1.54) is 23.8 Å². The van der Waals surface area contributed by atoms with Crippen molar-refractivity contribution < 1.29 is 9.59 Å². The smallest absolute Gasteiger partial charge is 0.230 e. The van der Waals surface area contributed by atoms with Crippen LogP contribution in [0.1, 0.15) is 28.5 Å². The van der Waals surface area contributed by atoms with Crippen LogP contribution in [0.2, 0.25) is 0 Å². The highest BCUT2D eigenvalue weighted by molar-refractivity contribution is 7.15. The Bertz CT molecular complexity index is 1150. The number of fused-ring (bicyclic) bond motifs is 1. The molecule has 0 atom stereocenters. The molecule has 0 aliphatic rings. The molecule has 2 aromatic carbocycles. The van der Waals surface area contributed by atoms with E-state index in [4.69, 9.17) is 0 Å². The van der Waals surface area contributed by atoms with E-state index in [2.05, 4.69) is 41.5 Å². The van der Waals surface area contributed by atoms with Gasteiger partial charge in [0.2, 0.25) is 5.91 Å². The van der Waals surface area contributed by atoms with Crippen LogP contribution in [0.3, 0.4) is 0 Å². The largest absolute Gasteiger partial charge is 0.326 e. The van der Waals surface area contributed by atoms with Gasteiger partial charge in [0, 0.05) is 34.1 Å². The highest BCUT2D eigenvalue weighted by atomic mass is 32.1. The fourth-order valence-corrected chi connectivity index (χ4v) is 3.85. The number of rotatable bonds is 5. The molecule has 0 saturated heterocycles. The van der Waals surface area contributed by atoms with Gasteiger partial charge in [-0.05, 0) is 38.1 Å². The lowest BCUT2D eigenvalue weighted by Crippen LogP contribution is -2.15. The summed E-state index contributed by atoms with van der Waals surface area (Å²) in [4.78, 5) is 29.3. The van der Waals surface area contributed by atoms with Crippen LogP contribution < -0.4 is 5.32 Å². The van der Waals surface area contributed by atoms with E-state index in [1.54, 1.807) is 24.3 Å². The molecule has 1 amide bonds. The maximum Gasteiger partial charge on any atom is 0.230 e. The van der Waals surface area contributed by atoms with Gasteiger partial charge in [0.25, 0.3) is 0 Å². The molecule has 2 heterocycles. The Balaban J connectivity index is 1.50. The fourth-order valence-electron chi connectivity index (χ4n) is 2.98. The maximum atomic E-state index is 12.4. The predicted molar refractivity (Wildman–Crippen MR) is 112 cm³/mol. The molecule has 0 aliphatic heterocycles. The standard InChI is InChI=1S/C22H19N3O2S/c1-14-3-5-17(6-4-14)20-12-25-19(13-28-22(25)24-20)11-21(27)23-18-9-7-16(8-10-18)15(2)26/h3-10,12-13H,11H2,1-2H3,(H,23,27). The fraction of sp³-hybridized carbons (Fsp3) is 0.136. The van der Waals surface area contributed by atoms with Crippen LogP contribution in [0.25, 0.3) is 16.2 Å². The minimum absolute atomic E-state index is 0.00281. The average Bonchev–Trinajstić information content (AvgIpc) is 3.25. The minimum Gasteiger partial charge on any atom is -0.326 e. The summed E-state index contributed by atoms with van der Waals surface area (Å²) >= 11 is 1.52. The molecule has 0 saturated carbocycles. The van der Waals surface area contributed by atoms with Gasteiger partial charge in [-0.15, -0.1) is 11.3 Å². The summed E-state index contributed by atoms with van der Waals surface area (Å²) in [6.07, 6.45) is 2.22. The lowest BCUT2D eigenvalue weighted by Gasteiger charge is -2.05. The molecule has 0 aliphatic carbocycles. The Morgan fingerprint density at radius 2 is 1.79 bits per heavy atom. The van der Waals surface area contributed by atoms with Crippen LogP contribution in [-0.2, 0) is 11.2 Å². The second-order valence-corrected chi connectivity index (χ2v) is 7.57.